The Hall–Kier alpha value is -1.84. The Kier molecular flexibility index (Phi) is 5.58. The molecular weight excluding hydrogens is 278 g/mol. The molecule has 1 fully saturated rings. The molecule has 0 aromatic heterocycles. The van der Waals surface area contributed by atoms with Gasteiger partial charge in [-0.1, -0.05) is 30.3 Å². The van der Waals surface area contributed by atoms with Gasteiger partial charge in [0, 0.05) is 13.5 Å². The number of aliphatic carboxylic acids is 1. The van der Waals surface area contributed by atoms with Gasteiger partial charge < -0.3 is 10.0 Å². The molecule has 1 aromatic carbocycles. The van der Waals surface area contributed by atoms with Crippen LogP contribution in [0.2, 0.25) is 0 Å². The molecule has 1 saturated carbocycles. The van der Waals surface area contributed by atoms with Crippen LogP contribution in [0.4, 0.5) is 0 Å². The summed E-state index contributed by atoms with van der Waals surface area (Å²) in [6.07, 6.45) is 4.77. The summed E-state index contributed by atoms with van der Waals surface area (Å²) in [5.74, 6) is -0.0270. The van der Waals surface area contributed by atoms with Crippen molar-refractivity contribution in [1.29, 1.82) is 0 Å². The highest BCUT2D eigenvalue weighted by Crippen LogP contribution is 2.37. The molecule has 2 rings (SSSR count). The highest BCUT2D eigenvalue weighted by molar-refractivity contribution is 5.83. The van der Waals surface area contributed by atoms with E-state index in [2.05, 4.69) is 24.3 Å². The number of hydrogen-bond acceptors (Lipinski definition) is 2. The second-order valence-electron chi connectivity index (χ2n) is 6.35. The van der Waals surface area contributed by atoms with E-state index in [-0.39, 0.29) is 5.91 Å². The van der Waals surface area contributed by atoms with Gasteiger partial charge in [-0.25, -0.2) is 4.79 Å². The first-order valence-electron chi connectivity index (χ1n) is 8.02. The number of carboxylic acids is 1. The summed E-state index contributed by atoms with van der Waals surface area (Å²) in [6, 6.07) is 9.79. The number of nitrogens with zero attached hydrogens (tertiary/aromatic N) is 1. The van der Waals surface area contributed by atoms with Crippen LogP contribution >= 0.6 is 0 Å². The monoisotopic (exact) mass is 303 g/mol. The lowest BCUT2D eigenvalue weighted by atomic mass is 9.77. The van der Waals surface area contributed by atoms with E-state index in [0.29, 0.717) is 18.3 Å². The molecule has 0 heterocycles. The van der Waals surface area contributed by atoms with Crippen molar-refractivity contribution < 1.29 is 14.7 Å². The third kappa shape index (κ3) is 4.09. The molecule has 1 N–H and O–H groups in total. The van der Waals surface area contributed by atoms with E-state index in [0.717, 1.165) is 25.7 Å². The average Bonchev–Trinajstić information content (AvgIpc) is 2.54. The second-order valence-corrected chi connectivity index (χ2v) is 6.35. The minimum absolute atomic E-state index is 0.0574. The van der Waals surface area contributed by atoms with Crippen molar-refractivity contribution in [3.05, 3.63) is 35.9 Å². The average molecular weight is 303 g/mol. The molecule has 22 heavy (non-hydrogen) atoms. The van der Waals surface area contributed by atoms with E-state index in [1.807, 2.05) is 6.07 Å². The number of carbonyl (C=O) groups is 2. The van der Waals surface area contributed by atoms with Crippen LogP contribution in [0.15, 0.2) is 30.3 Å². The molecule has 4 heteroatoms. The molecule has 0 spiro atoms. The van der Waals surface area contributed by atoms with Gasteiger partial charge in [0.25, 0.3) is 0 Å². The first-order valence-corrected chi connectivity index (χ1v) is 8.02. The van der Waals surface area contributed by atoms with Crippen LogP contribution in [-0.2, 0) is 9.59 Å². The number of amides is 1. The second kappa shape index (κ2) is 7.43. The van der Waals surface area contributed by atoms with E-state index >= 15 is 0 Å². The predicted octanol–water partition coefficient (Wildman–Crippen LogP) is 3.28. The van der Waals surface area contributed by atoms with Gasteiger partial charge in [-0.05, 0) is 50.0 Å². The van der Waals surface area contributed by atoms with E-state index in [1.54, 1.807) is 14.0 Å². The zero-order valence-electron chi connectivity index (χ0n) is 13.4. The van der Waals surface area contributed by atoms with Gasteiger partial charge in [0.05, 0.1) is 0 Å². The highest BCUT2D eigenvalue weighted by Gasteiger charge is 2.27. The van der Waals surface area contributed by atoms with Crippen LogP contribution in [0, 0.1) is 5.92 Å². The Morgan fingerprint density at radius 2 is 1.77 bits per heavy atom. The summed E-state index contributed by atoms with van der Waals surface area (Å²) < 4.78 is 0. The molecule has 1 aliphatic carbocycles. The van der Waals surface area contributed by atoms with E-state index in [9.17, 15) is 9.59 Å². The molecule has 1 aromatic rings. The lowest BCUT2D eigenvalue weighted by Gasteiger charge is -2.30. The van der Waals surface area contributed by atoms with Crippen molar-refractivity contribution in [2.24, 2.45) is 5.92 Å². The van der Waals surface area contributed by atoms with E-state index < -0.39 is 12.0 Å². The van der Waals surface area contributed by atoms with Crippen LogP contribution in [0.3, 0.4) is 0 Å². The van der Waals surface area contributed by atoms with Crippen LogP contribution in [0.5, 0.6) is 0 Å². The maximum Gasteiger partial charge on any atom is 0.326 e. The van der Waals surface area contributed by atoms with Gasteiger partial charge >= 0.3 is 5.97 Å². The van der Waals surface area contributed by atoms with Crippen LogP contribution in [-0.4, -0.2) is 35.0 Å². The molecule has 1 aliphatic rings. The molecule has 0 aliphatic heterocycles. The minimum Gasteiger partial charge on any atom is -0.480 e. The van der Waals surface area contributed by atoms with Crippen LogP contribution in [0.25, 0.3) is 0 Å². The molecule has 0 radical (unpaired) electrons. The number of carbonyl (C=O) groups excluding carboxylic acids is 1. The van der Waals surface area contributed by atoms with E-state index in [4.69, 9.17) is 5.11 Å². The summed E-state index contributed by atoms with van der Waals surface area (Å²) in [4.78, 5) is 24.5. The van der Waals surface area contributed by atoms with Crippen LogP contribution < -0.4 is 0 Å². The molecule has 1 amide bonds. The maximum absolute atomic E-state index is 12.2. The molecule has 1 unspecified atom stereocenters. The fourth-order valence-electron chi connectivity index (χ4n) is 3.20. The number of hydrogen-bond donors (Lipinski definition) is 1. The van der Waals surface area contributed by atoms with Crippen molar-refractivity contribution in [2.75, 3.05) is 7.05 Å². The number of carboxylic acid groups (broad SMARTS) is 1. The zero-order chi connectivity index (χ0) is 16.1. The zero-order valence-corrected chi connectivity index (χ0v) is 13.4. The molecule has 120 valence electrons. The fourth-order valence-corrected chi connectivity index (χ4v) is 3.20. The van der Waals surface area contributed by atoms with Crippen molar-refractivity contribution >= 4 is 11.9 Å². The van der Waals surface area contributed by atoms with E-state index in [1.165, 1.54) is 10.5 Å². The van der Waals surface area contributed by atoms with Gasteiger partial charge in [-0.3, -0.25) is 4.79 Å². The number of rotatable bonds is 5. The Morgan fingerprint density at radius 3 is 2.32 bits per heavy atom. The molecule has 1 atom stereocenters. The van der Waals surface area contributed by atoms with Crippen LogP contribution in [0.1, 0.15) is 50.5 Å². The summed E-state index contributed by atoms with van der Waals surface area (Å²) in [5.41, 5.74) is 1.39. The Labute approximate surface area is 132 Å². The lowest BCUT2D eigenvalue weighted by molar-refractivity contribution is -0.148. The van der Waals surface area contributed by atoms with Gasteiger partial charge in [-0.2, -0.15) is 0 Å². The van der Waals surface area contributed by atoms with Crippen molar-refractivity contribution in [2.45, 2.75) is 51.0 Å². The predicted molar refractivity (Wildman–Crippen MR) is 85.6 cm³/mol. The Morgan fingerprint density at radius 1 is 1.18 bits per heavy atom. The number of likely N-dealkylation sites (N-methyl/N-ethyl adjacent to an activating group) is 1. The summed E-state index contributed by atoms with van der Waals surface area (Å²) >= 11 is 0. The molecule has 0 bridgehead atoms. The van der Waals surface area contributed by atoms with Gasteiger partial charge in [0.2, 0.25) is 5.91 Å². The van der Waals surface area contributed by atoms with Crippen molar-refractivity contribution in [1.82, 2.24) is 4.90 Å². The smallest absolute Gasteiger partial charge is 0.326 e. The van der Waals surface area contributed by atoms with Gasteiger partial charge in [0.15, 0.2) is 0 Å². The van der Waals surface area contributed by atoms with Gasteiger partial charge in [-0.15, -0.1) is 0 Å². The highest BCUT2D eigenvalue weighted by atomic mass is 16.4. The number of benzene rings is 1. The van der Waals surface area contributed by atoms with Crippen molar-refractivity contribution in [3.63, 3.8) is 0 Å². The summed E-state index contributed by atoms with van der Waals surface area (Å²) in [5, 5.41) is 8.97. The third-order valence-electron chi connectivity index (χ3n) is 4.91. The summed E-state index contributed by atoms with van der Waals surface area (Å²) in [7, 11) is 1.58. The fraction of sp³-hybridized carbons (Fsp3) is 0.556. The quantitative estimate of drug-likeness (QED) is 0.908. The molecular formula is C18H25NO3. The third-order valence-corrected chi connectivity index (χ3v) is 4.91. The SMILES string of the molecule is CC(C(=O)O)N(C)C(=O)CC1CCC(c2ccccc2)CC1. The molecule has 4 nitrogen and oxygen atoms in total. The largest absolute Gasteiger partial charge is 0.480 e. The Bertz CT molecular complexity index is 506. The topological polar surface area (TPSA) is 57.6 Å². The lowest BCUT2D eigenvalue weighted by Crippen LogP contribution is -2.41. The summed E-state index contributed by atoms with van der Waals surface area (Å²) in [6.45, 7) is 1.55. The van der Waals surface area contributed by atoms with Crippen molar-refractivity contribution in [3.8, 4) is 0 Å². The minimum atomic E-state index is -0.955. The first kappa shape index (κ1) is 16.5. The maximum atomic E-state index is 12.2. The normalized spacial score (nSPS) is 22.8. The molecule has 0 saturated heterocycles. The Balaban J connectivity index is 1.82. The first-order chi connectivity index (χ1) is 10.5. The van der Waals surface area contributed by atoms with Gasteiger partial charge in [0.1, 0.15) is 6.04 Å². The standard InChI is InChI=1S/C18H25NO3/c1-13(18(21)22)19(2)17(20)12-14-8-10-16(11-9-14)15-6-4-3-5-7-15/h3-7,13-14,16H,8-12H2,1-2H3,(H,21,22).